The Balaban J connectivity index is 0.000000197. The number of halogens is 2. The van der Waals surface area contributed by atoms with Crippen molar-refractivity contribution in [3.05, 3.63) is 169 Å². The minimum atomic E-state index is -0.406. The molecule has 0 fully saturated rings. The van der Waals surface area contributed by atoms with Crippen LogP contribution in [0.2, 0.25) is 0 Å². The van der Waals surface area contributed by atoms with Gasteiger partial charge in [-0.15, -0.1) is 24.0 Å². The summed E-state index contributed by atoms with van der Waals surface area (Å²) in [4.78, 5) is 0. The Morgan fingerprint density at radius 3 is 1.08 bits per heavy atom. The molecular weight excluding hydrogens is 686 g/mol. The molecule has 0 aromatic heterocycles. The second-order valence-electron chi connectivity index (χ2n) is 8.26. The van der Waals surface area contributed by atoms with Crippen LogP contribution in [0.4, 0.5) is 0 Å². The summed E-state index contributed by atoms with van der Waals surface area (Å²) < 4.78 is 0. The third-order valence-electron chi connectivity index (χ3n) is 5.73. The number of hydrogen-bond acceptors (Lipinski definition) is 0. The third-order valence-corrected chi connectivity index (χ3v) is 13.8. The molecule has 4 aromatic rings. The fraction of sp³-hybridized carbons (Fsp3) is 0.0588. The summed E-state index contributed by atoms with van der Waals surface area (Å²) in [5, 5.41) is 3.07. The Hall–Kier alpha value is -2.49. The van der Waals surface area contributed by atoms with Crippen molar-refractivity contribution in [3.63, 3.8) is 0 Å². The maximum absolute atomic E-state index is 3.15. The van der Waals surface area contributed by atoms with Crippen LogP contribution in [0.3, 0.4) is 0 Å². The van der Waals surface area contributed by atoms with Crippen LogP contribution in [0.15, 0.2) is 146 Å². The standard InChI is InChI=1S/C12H10Si.2C11H9.2ClH.Hf/c1-3-7-11(8-4-1)13-12-9-5-2-6-10-12;2*1-2-6-10(7-3-1)11-8-4-5-9-11;;;/h1-10H;2*1-3,6-9H,4H2;2*1H;/q;2*-1;;;+2/p-2. The second kappa shape index (κ2) is 17.9. The molecule has 0 bridgehead atoms. The molecule has 0 spiro atoms. The summed E-state index contributed by atoms with van der Waals surface area (Å²) in [7, 11) is 0. The Morgan fingerprint density at radius 2 is 0.789 bits per heavy atom. The number of hydrogen-bond donors (Lipinski definition) is 0. The van der Waals surface area contributed by atoms with Crippen LogP contribution in [0.1, 0.15) is 24.0 Å². The monoisotopic (exact) mass is 714 g/mol. The summed E-state index contributed by atoms with van der Waals surface area (Å²) in [5.74, 6) is 0. The van der Waals surface area contributed by atoms with Crippen LogP contribution in [-0.2, 0) is 23.0 Å². The SMILES string of the molecule is [C-]1=CC(c2ccccc2)=CC1.[C-]1=CC(c2ccccc2)=CC1.[Cl-].[Cl-].[Hf+2]=[Si](c1ccccc1)c1ccccc1. The Kier molecular flexibility index (Phi) is 15.0. The van der Waals surface area contributed by atoms with Crippen molar-refractivity contribution in [2.24, 2.45) is 0 Å². The average molecular weight is 714 g/mol. The first kappa shape index (κ1) is 31.7. The number of rotatable bonds is 4. The molecule has 188 valence electrons. The Labute approximate surface area is 254 Å². The van der Waals surface area contributed by atoms with E-state index in [1.807, 2.05) is 12.1 Å². The molecule has 0 saturated heterocycles. The van der Waals surface area contributed by atoms with E-state index in [4.69, 9.17) is 0 Å². The molecule has 2 aliphatic rings. The minimum absolute atomic E-state index is 0. The number of allylic oxidation sites excluding steroid dienone is 8. The quantitative estimate of drug-likeness (QED) is 0.219. The normalized spacial score (nSPS) is 12.4. The van der Waals surface area contributed by atoms with Gasteiger partial charge in [-0.3, -0.25) is 12.2 Å². The predicted octanol–water partition coefficient (Wildman–Crippen LogP) is 1.01. The van der Waals surface area contributed by atoms with Crippen molar-refractivity contribution in [3.8, 4) is 0 Å². The van der Waals surface area contributed by atoms with Gasteiger partial charge in [-0.1, -0.05) is 60.7 Å². The van der Waals surface area contributed by atoms with Gasteiger partial charge < -0.3 is 24.8 Å². The summed E-state index contributed by atoms with van der Waals surface area (Å²) in [6.45, 7) is 0. The molecule has 0 radical (unpaired) electrons. The van der Waals surface area contributed by atoms with Crippen molar-refractivity contribution in [2.75, 3.05) is 0 Å². The van der Waals surface area contributed by atoms with Gasteiger partial charge in [0.1, 0.15) is 0 Å². The molecule has 0 aliphatic heterocycles. The van der Waals surface area contributed by atoms with Crippen molar-refractivity contribution >= 4 is 27.0 Å². The molecular formula is C34H28Cl2HfSi-2. The van der Waals surface area contributed by atoms with Gasteiger partial charge in [-0.2, -0.15) is 23.3 Å². The van der Waals surface area contributed by atoms with E-state index < -0.39 is 5.49 Å². The van der Waals surface area contributed by atoms with E-state index in [9.17, 15) is 0 Å². The van der Waals surface area contributed by atoms with E-state index >= 15 is 0 Å². The van der Waals surface area contributed by atoms with Gasteiger partial charge in [-0.05, 0) is 0 Å². The van der Waals surface area contributed by atoms with Gasteiger partial charge in [0.2, 0.25) is 0 Å². The maximum atomic E-state index is 3.15. The van der Waals surface area contributed by atoms with E-state index in [2.05, 4.69) is 146 Å². The summed E-state index contributed by atoms with van der Waals surface area (Å²) in [6, 6.07) is 42.6. The van der Waals surface area contributed by atoms with Crippen LogP contribution in [-0.4, -0.2) is 5.49 Å². The molecule has 6 rings (SSSR count). The Morgan fingerprint density at radius 1 is 0.474 bits per heavy atom. The molecule has 0 heterocycles. The Bertz CT molecular complexity index is 1250. The topological polar surface area (TPSA) is 0 Å². The first-order chi connectivity index (χ1) is 17.8. The molecule has 0 atom stereocenters. The van der Waals surface area contributed by atoms with Gasteiger partial charge in [0.05, 0.1) is 0 Å². The van der Waals surface area contributed by atoms with E-state index in [0.29, 0.717) is 0 Å². The summed E-state index contributed by atoms with van der Waals surface area (Å²) in [6.07, 6.45) is 16.7. The zero-order chi connectivity index (χ0) is 24.8. The van der Waals surface area contributed by atoms with Crippen molar-refractivity contribution < 1.29 is 47.8 Å². The van der Waals surface area contributed by atoms with E-state index in [1.165, 1.54) is 55.6 Å². The molecule has 0 N–H and O–H groups in total. The van der Waals surface area contributed by atoms with E-state index in [1.54, 1.807) is 0 Å². The number of benzene rings is 4. The predicted molar refractivity (Wildman–Crippen MR) is 152 cm³/mol. The van der Waals surface area contributed by atoms with Gasteiger partial charge in [0.25, 0.3) is 0 Å². The van der Waals surface area contributed by atoms with Crippen LogP contribution in [0, 0.1) is 12.2 Å². The molecule has 2 aliphatic carbocycles. The zero-order valence-corrected chi connectivity index (χ0v) is 27.1. The van der Waals surface area contributed by atoms with E-state index in [-0.39, 0.29) is 24.8 Å². The van der Waals surface area contributed by atoms with Crippen molar-refractivity contribution in [2.45, 2.75) is 12.8 Å². The fourth-order valence-corrected chi connectivity index (χ4v) is 8.81. The molecule has 0 amide bonds. The third kappa shape index (κ3) is 10.00. The molecule has 0 saturated carbocycles. The van der Waals surface area contributed by atoms with Crippen LogP contribution in [0.5, 0.6) is 0 Å². The van der Waals surface area contributed by atoms with Crippen LogP contribution >= 0.6 is 0 Å². The first-order valence-electron chi connectivity index (χ1n) is 12.1. The van der Waals surface area contributed by atoms with Gasteiger partial charge in [0, 0.05) is 0 Å². The van der Waals surface area contributed by atoms with Crippen LogP contribution < -0.4 is 35.2 Å². The van der Waals surface area contributed by atoms with E-state index in [0.717, 1.165) is 12.8 Å². The molecule has 0 nitrogen and oxygen atoms in total. The first-order valence-corrected chi connectivity index (χ1v) is 19.0. The summed E-state index contributed by atoms with van der Waals surface area (Å²) >= 11 is 1.27. The summed E-state index contributed by atoms with van der Waals surface area (Å²) in [5.41, 5.74) is 4.77. The zero-order valence-electron chi connectivity index (χ0n) is 21.0. The molecule has 4 aromatic carbocycles. The van der Waals surface area contributed by atoms with Crippen molar-refractivity contribution in [1.82, 2.24) is 0 Å². The molecule has 38 heavy (non-hydrogen) atoms. The van der Waals surface area contributed by atoms with Gasteiger partial charge in [0.15, 0.2) is 0 Å². The fourth-order valence-electron chi connectivity index (χ4n) is 3.83. The molecule has 4 heteroatoms. The second-order valence-corrected chi connectivity index (χ2v) is 15.6. The average Bonchev–Trinajstić information content (AvgIpc) is 3.71. The van der Waals surface area contributed by atoms with Gasteiger partial charge in [-0.25, -0.2) is 12.2 Å². The van der Waals surface area contributed by atoms with Gasteiger partial charge >= 0.3 is 99.5 Å². The van der Waals surface area contributed by atoms with Crippen molar-refractivity contribution in [1.29, 1.82) is 0 Å². The molecule has 0 unspecified atom stereocenters. The van der Waals surface area contributed by atoms with Crippen LogP contribution in [0.25, 0.3) is 11.1 Å².